The molecular formula is C18H24N2O5. The van der Waals surface area contributed by atoms with Crippen LogP contribution in [0.4, 0.5) is 4.79 Å². The van der Waals surface area contributed by atoms with E-state index < -0.39 is 23.7 Å². The van der Waals surface area contributed by atoms with Crippen LogP contribution in [0.5, 0.6) is 0 Å². The summed E-state index contributed by atoms with van der Waals surface area (Å²) in [4.78, 5) is 39.2. The number of carboxylic acids is 1. The van der Waals surface area contributed by atoms with E-state index in [0.717, 1.165) is 5.56 Å². The first-order chi connectivity index (χ1) is 11.6. The summed E-state index contributed by atoms with van der Waals surface area (Å²) in [7, 11) is 0. The Morgan fingerprint density at radius 3 is 2.44 bits per heavy atom. The molecule has 1 fully saturated rings. The number of nitrogens with zero attached hydrogens (tertiary/aromatic N) is 2. The first-order valence-corrected chi connectivity index (χ1v) is 8.17. The van der Waals surface area contributed by atoms with Crippen molar-refractivity contribution < 1.29 is 24.2 Å². The normalized spacial score (nSPS) is 18.0. The fraction of sp³-hybridized carbons (Fsp3) is 0.500. The Hall–Kier alpha value is -2.57. The Labute approximate surface area is 147 Å². The number of ether oxygens (including phenoxy) is 1. The van der Waals surface area contributed by atoms with E-state index in [1.54, 1.807) is 39.0 Å². The average molecular weight is 348 g/mol. The zero-order valence-corrected chi connectivity index (χ0v) is 15.0. The lowest BCUT2D eigenvalue weighted by Crippen LogP contribution is -2.59. The lowest BCUT2D eigenvalue weighted by molar-refractivity contribution is -0.144. The maximum absolute atomic E-state index is 12.7. The minimum Gasteiger partial charge on any atom is -0.480 e. The van der Waals surface area contributed by atoms with Crippen LogP contribution in [0.2, 0.25) is 0 Å². The van der Waals surface area contributed by atoms with Crippen molar-refractivity contribution in [3.05, 3.63) is 35.4 Å². The van der Waals surface area contributed by atoms with E-state index in [9.17, 15) is 19.5 Å². The maximum atomic E-state index is 12.7. The van der Waals surface area contributed by atoms with E-state index in [1.807, 2.05) is 13.0 Å². The number of amides is 2. The van der Waals surface area contributed by atoms with Crippen molar-refractivity contribution in [3.63, 3.8) is 0 Å². The molecule has 2 amide bonds. The number of benzene rings is 1. The van der Waals surface area contributed by atoms with Crippen molar-refractivity contribution in [2.24, 2.45) is 0 Å². The number of aliphatic carboxylic acids is 1. The van der Waals surface area contributed by atoms with Gasteiger partial charge in [0.25, 0.3) is 5.91 Å². The molecule has 0 saturated carbocycles. The molecule has 1 aliphatic heterocycles. The van der Waals surface area contributed by atoms with E-state index in [1.165, 1.54) is 9.80 Å². The third-order valence-corrected chi connectivity index (χ3v) is 3.84. The van der Waals surface area contributed by atoms with Gasteiger partial charge >= 0.3 is 12.1 Å². The number of hydrogen-bond acceptors (Lipinski definition) is 4. The highest BCUT2D eigenvalue weighted by Crippen LogP contribution is 2.18. The highest BCUT2D eigenvalue weighted by molar-refractivity contribution is 5.97. The van der Waals surface area contributed by atoms with Crippen molar-refractivity contribution >= 4 is 18.0 Å². The second kappa shape index (κ2) is 7.13. The Morgan fingerprint density at radius 1 is 1.20 bits per heavy atom. The van der Waals surface area contributed by atoms with Gasteiger partial charge < -0.3 is 19.6 Å². The number of carbonyl (C=O) groups is 3. The highest BCUT2D eigenvalue weighted by Gasteiger charge is 2.38. The van der Waals surface area contributed by atoms with Crippen LogP contribution >= 0.6 is 0 Å². The van der Waals surface area contributed by atoms with Gasteiger partial charge in [0.2, 0.25) is 0 Å². The molecule has 1 saturated heterocycles. The maximum Gasteiger partial charge on any atom is 0.410 e. The van der Waals surface area contributed by atoms with Crippen LogP contribution in [0, 0.1) is 6.92 Å². The topological polar surface area (TPSA) is 87.2 Å². The third-order valence-electron chi connectivity index (χ3n) is 3.84. The van der Waals surface area contributed by atoms with Crippen LogP contribution in [0.3, 0.4) is 0 Å². The van der Waals surface area contributed by atoms with Crippen molar-refractivity contribution in [3.8, 4) is 0 Å². The number of piperazine rings is 1. The van der Waals surface area contributed by atoms with E-state index in [-0.39, 0.29) is 25.5 Å². The van der Waals surface area contributed by atoms with Gasteiger partial charge in [0.1, 0.15) is 11.6 Å². The van der Waals surface area contributed by atoms with Crippen molar-refractivity contribution in [2.45, 2.75) is 39.3 Å². The van der Waals surface area contributed by atoms with E-state index in [0.29, 0.717) is 5.56 Å². The minimum atomic E-state index is -1.14. The molecular weight excluding hydrogens is 324 g/mol. The first kappa shape index (κ1) is 18.8. The Bertz CT molecular complexity index is 680. The lowest BCUT2D eigenvalue weighted by Gasteiger charge is -2.39. The Kier molecular flexibility index (Phi) is 5.35. The number of carbonyl (C=O) groups excluding carboxylic acids is 2. The van der Waals surface area contributed by atoms with Crippen LogP contribution in [0.15, 0.2) is 24.3 Å². The molecule has 7 heteroatoms. The molecule has 1 aromatic carbocycles. The van der Waals surface area contributed by atoms with Crippen molar-refractivity contribution in [1.29, 1.82) is 0 Å². The smallest absolute Gasteiger partial charge is 0.410 e. The summed E-state index contributed by atoms with van der Waals surface area (Å²) in [5.74, 6) is -1.49. The molecule has 0 aliphatic carbocycles. The molecule has 0 aromatic heterocycles. The van der Waals surface area contributed by atoms with Gasteiger partial charge in [-0.2, -0.15) is 0 Å². The summed E-state index contributed by atoms with van der Waals surface area (Å²) in [6.45, 7) is 7.39. The number of carboxylic acid groups (broad SMARTS) is 1. The molecule has 1 N–H and O–H groups in total. The first-order valence-electron chi connectivity index (χ1n) is 8.17. The molecule has 1 atom stereocenters. The highest BCUT2D eigenvalue weighted by atomic mass is 16.6. The molecule has 0 unspecified atom stereocenters. The summed E-state index contributed by atoms with van der Waals surface area (Å²) >= 11 is 0. The summed E-state index contributed by atoms with van der Waals surface area (Å²) in [5, 5.41) is 9.52. The Morgan fingerprint density at radius 2 is 1.88 bits per heavy atom. The molecule has 25 heavy (non-hydrogen) atoms. The number of aryl methyl sites for hydroxylation is 1. The van der Waals surface area contributed by atoms with Gasteiger partial charge in [-0.1, -0.05) is 17.7 Å². The fourth-order valence-electron chi connectivity index (χ4n) is 2.67. The van der Waals surface area contributed by atoms with Crippen LogP contribution in [0.1, 0.15) is 36.7 Å². The summed E-state index contributed by atoms with van der Waals surface area (Å²) < 4.78 is 5.29. The molecule has 0 spiro atoms. The van der Waals surface area contributed by atoms with Crippen molar-refractivity contribution in [2.75, 3.05) is 19.6 Å². The molecule has 1 heterocycles. The molecule has 1 aliphatic rings. The van der Waals surface area contributed by atoms with Crippen LogP contribution in [-0.4, -0.2) is 64.2 Å². The zero-order valence-electron chi connectivity index (χ0n) is 15.0. The number of rotatable bonds is 2. The van der Waals surface area contributed by atoms with Crippen LogP contribution in [-0.2, 0) is 9.53 Å². The molecule has 1 aromatic rings. The predicted molar refractivity (Wildman–Crippen MR) is 91.4 cm³/mol. The van der Waals surface area contributed by atoms with Gasteiger partial charge in [0.05, 0.1) is 6.54 Å². The van der Waals surface area contributed by atoms with E-state index in [4.69, 9.17) is 4.74 Å². The quantitative estimate of drug-likeness (QED) is 0.885. The second-order valence-corrected chi connectivity index (χ2v) is 7.15. The molecule has 0 bridgehead atoms. The van der Waals surface area contributed by atoms with Crippen molar-refractivity contribution in [1.82, 2.24) is 9.80 Å². The largest absolute Gasteiger partial charge is 0.480 e. The predicted octanol–water partition coefficient (Wildman–Crippen LogP) is 2.14. The summed E-state index contributed by atoms with van der Waals surface area (Å²) in [5.41, 5.74) is 0.701. The van der Waals surface area contributed by atoms with Gasteiger partial charge in [-0.25, -0.2) is 9.59 Å². The summed E-state index contributed by atoms with van der Waals surface area (Å²) in [6.07, 6.45) is -0.568. The standard InChI is InChI=1S/C18H24N2O5/c1-12-6-5-7-13(10-12)15(21)20-9-8-19(11-14(20)16(22)23)17(24)25-18(2,3)4/h5-7,10,14H,8-9,11H2,1-4H3,(H,22,23)/t14-/m1/s1. The van der Waals surface area contributed by atoms with Crippen LogP contribution < -0.4 is 0 Å². The lowest BCUT2D eigenvalue weighted by atomic mass is 10.1. The molecule has 2 rings (SSSR count). The SMILES string of the molecule is Cc1cccc(C(=O)N2CCN(C(=O)OC(C)(C)C)C[C@@H]2C(=O)O)c1. The third kappa shape index (κ3) is 4.71. The van der Waals surface area contributed by atoms with Gasteiger partial charge in [-0.15, -0.1) is 0 Å². The average Bonchev–Trinajstić information content (AvgIpc) is 2.52. The zero-order chi connectivity index (χ0) is 18.8. The molecule has 136 valence electrons. The second-order valence-electron chi connectivity index (χ2n) is 7.15. The number of hydrogen-bond donors (Lipinski definition) is 1. The van der Waals surface area contributed by atoms with Gasteiger partial charge in [0, 0.05) is 18.7 Å². The minimum absolute atomic E-state index is 0.0954. The fourth-order valence-corrected chi connectivity index (χ4v) is 2.67. The van der Waals surface area contributed by atoms with Crippen LogP contribution in [0.25, 0.3) is 0 Å². The Balaban J connectivity index is 2.16. The van der Waals surface area contributed by atoms with E-state index in [2.05, 4.69) is 0 Å². The van der Waals surface area contributed by atoms with E-state index >= 15 is 0 Å². The monoisotopic (exact) mass is 348 g/mol. The van der Waals surface area contributed by atoms with Gasteiger partial charge in [-0.3, -0.25) is 4.79 Å². The van der Waals surface area contributed by atoms with Gasteiger partial charge in [-0.05, 0) is 39.8 Å². The summed E-state index contributed by atoms with van der Waals surface area (Å²) in [6, 6.07) is 5.91. The van der Waals surface area contributed by atoms with Gasteiger partial charge in [0.15, 0.2) is 0 Å². The molecule has 0 radical (unpaired) electrons. The molecule has 7 nitrogen and oxygen atoms in total.